The fourth-order valence-electron chi connectivity index (χ4n) is 1.04. The van der Waals surface area contributed by atoms with Crippen LogP contribution in [0.25, 0.3) is 0 Å². The number of aromatic nitrogens is 1. The number of aromatic hydroxyl groups is 1. The Morgan fingerprint density at radius 3 is 2.67 bits per heavy atom. The highest BCUT2D eigenvalue weighted by molar-refractivity contribution is 5.34. The first-order chi connectivity index (χ1) is 5.65. The van der Waals surface area contributed by atoms with Crippen molar-refractivity contribution in [2.75, 3.05) is 7.11 Å². The first-order valence-corrected chi connectivity index (χ1v) is 3.88. The summed E-state index contributed by atoms with van der Waals surface area (Å²) in [6.45, 7) is 4.05. The van der Waals surface area contributed by atoms with Gasteiger partial charge in [-0.25, -0.2) is 4.98 Å². The van der Waals surface area contributed by atoms with Crippen molar-refractivity contribution >= 4 is 0 Å². The SMILES string of the molecule is COc1ncc(O)cc1C(C)C. The molecular formula is C9H13NO2. The summed E-state index contributed by atoms with van der Waals surface area (Å²) < 4.78 is 5.04. The number of rotatable bonds is 2. The van der Waals surface area contributed by atoms with Gasteiger partial charge in [-0.15, -0.1) is 0 Å². The Morgan fingerprint density at radius 1 is 1.50 bits per heavy atom. The van der Waals surface area contributed by atoms with E-state index in [0.717, 1.165) is 5.56 Å². The van der Waals surface area contributed by atoms with Gasteiger partial charge in [-0.3, -0.25) is 0 Å². The molecule has 0 saturated carbocycles. The minimum atomic E-state index is 0.180. The summed E-state index contributed by atoms with van der Waals surface area (Å²) in [5.74, 6) is 1.07. The Kier molecular flexibility index (Phi) is 2.53. The van der Waals surface area contributed by atoms with E-state index in [-0.39, 0.29) is 5.75 Å². The van der Waals surface area contributed by atoms with Crippen LogP contribution in [-0.2, 0) is 0 Å². The molecule has 12 heavy (non-hydrogen) atoms. The van der Waals surface area contributed by atoms with Crippen LogP contribution in [0.5, 0.6) is 11.6 Å². The predicted molar refractivity (Wildman–Crippen MR) is 46.5 cm³/mol. The average Bonchev–Trinajstić information content (AvgIpc) is 2.04. The Balaban J connectivity index is 3.12. The second-order valence-corrected chi connectivity index (χ2v) is 2.95. The molecule has 3 nitrogen and oxygen atoms in total. The van der Waals surface area contributed by atoms with Gasteiger partial charge in [0, 0.05) is 5.56 Å². The van der Waals surface area contributed by atoms with Crippen LogP contribution in [0, 0.1) is 0 Å². The number of hydrogen-bond donors (Lipinski definition) is 1. The fraction of sp³-hybridized carbons (Fsp3) is 0.444. The molecule has 0 fully saturated rings. The van der Waals surface area contributed by atoms with Crippen molar-refractivity contribution in [3.63, 3.8) is 0 Å². The van der Waals surface area contributed by atoms with E-state index in [4.69, 9.17) is 9.84 Å². The van der Waals surface area contributed by atoms with Gasteiger partial charge in [0.25, 0.3) is 0 Å². The summed E-state index contributed by atoms with van der Waals surface area (Å²) in [7, 11) is 1.57. The fourth-order valence-corrected chi connectivity index (χ4v) is 1.04. The number of hydrogen-bond acceptors (Lipinski definition) is 3. The summed E-state index contributed by atoms with van der Waals surface area (Å²) in [5, 5.41) is 9.16. The molecule has 0 radical (unpaired) electrons. The zero-order chi connectivity index (χ0) is 9.14. The molecule has 1 aromatic rings. The first kappa shape index (κ1) is 8.84. The molecule has 1 heterocycles. The molecular weight excluding hydrogens is 154 g/mol. The number of pyridine rings is 1. The summed E-state index contributed by atoms with van der Waals surface area (Å²) in [5.41, 5.74) is 0.928. The average molecular weight is 167 g/mol. The van der Waals surface area contributed by atoms with Crippen molar-refractivity contribution in [3.8, 4) is 11.6 Å². The van der Waals surface area contributed by atoms with Crippen LogP contribution in [0.4, 0.5) is 0 Å². The highest BCUT2D eigenvalue weighted by Crippen LogP contribution is 2.26. The number of methoxy groups -OCH3 is 1. The van der Waals surface area contributed by atoms with Crippen LogP contribution in [0.2, 0.25) is 0 Å². The van der Waals surface area contributed by atoms with Crippen LogP contribution >= 0.6 is 0 Å². The Morgan fingerprint density at radius 2 is 2.17 bits per heavy atom. The molecule has 3 heteroatoms. The van der Waals surface area contributed by atoms with E-state index < -0.39 is 0 Å². The van der Waals surface area contributed by atoms with Crippen molar-refractivity contribution in [2.24, 2.45) is 0 Å². The second-order valence-electron chi connectivity index (χ2n) is 2.95. The van der Waals surface area contributed by atoms with Crippen molar-refractivity contribution in [2.45, 2.75) is 19.8 Å². The van der Waals surface area contributed by atoms with Gasteiger partial charge in [0.1, 0.15) is 5.75 Å². The molecule has 0 unspecified atom stereocenters. The molecule has 0 amide bonds. The molecule has 0 aliphatic rings. The van der Waals surface area contributed by atoms with Crippen molar-refractivity contribution in [3.05, 3.63) is 17.8 Å². The molecule has 0 aliphatic carbocycles. The van der Waals surface area contributed by atoms with E-state index >= 15 is 0 Å². The maximum Gasteiger partial charge on any atom is 0.216 e. The highest BCUT2D eigenvalue weighted by Gasteiger charge is 2.08. The molecule has 1 rings (SSSR count). The van der Waals surface area contributed by atoms with Gasteiger partial charge < -0.3 is 9.84 Å². The van der Waals surface area contributed by atoms with Crippen LogP contribution in [0.3, 0.4) is 0 Å². The summed E-state index contributed by atoms with van der Waals surface area (Å²) in [6.07, 6.45) is 1.38. The minimum absolute atomic E-state index is 0.180. The van der Waals surface area contributed by atoms with E-state index in [1.54, 1.807) is 13.2 Å². The largest absolute Gasteiger partial charge is 0.506 e. The van der Waals surface area contributed by atoms with Crippen molar-refractivity contribution in [1.29, 1.82) is 0 Å². The lowest BCUT2D eigenvalue weighted by Gasteiger charge is -2.09. The minimum Gasteiger partial charge on any atom is -0.506 e. The van der Waals surface area contributed by atoms with E-state index in [0.29, 0.717) is 11.8 Å². The number of nitrogens with zero attached hydrogens (tertiary/aromatic N) is 1. The van der Waals surface area contributed by atoms with Crippen LogP contribution in [-0.4, -0.2) is 17.2 Å². The number of ether oxygens (including phenoxy) is 1. The normalized spacial score (nSPS) is 10.3. The van der Waals surface area contributed by atoms with Gasteiger partial charge >= 0.3 is 0 Å². The van der Waals surface area contributed by atoms with E-state index in [1.807, 2.05) is 13.8 Å². The molecule has 0 atom stereocenters. The lowest BCUT2D eigenvalue weighted by Crippen LogP contribution is -1.96. The Hall–Kier alpha value is -1.25. The Labute approximate surface area is 72.0 Å². The smallest absolute Gasteiger partial charge is 0.216 e. The first-order valence-electron chi connectivity index (χ1n) is 3.88. The molecule has 1 aromatic heterocycles. The third kappa shape index (κ3) is 1.67. The van der Waals surface area contributed by atoms with Crippen LogP contribution < -0.4 is 4.74 Å². The van der Waals surface area contributed by atoms with Gasteiger partial charge in [0.15, 0.2) is 0 Å². The van der Waals surface area contributed by atoms with Gasteiger partial charge in [-0.2, -0.15) is 0 Å². The molecule has 0 bridgehead atoms. The van der Waals surface area contributed by atoms with Crippen LogP contribution in [0.15, 0.2) is 12.3 Å². The van der Waals surface area contributed by atoms with Gasteiger partial charge in [-0.05, 0) is 12.0 Å². The maximum absolute atomic E-state index is 9.16. The van der Waals surface area contributed by atoms with Crippen molar-refractivity contribution < 1.29 is 9.84 Å². The summed E-state index contributed by atoms with van der Waals surface area (Å²) in [6, 6.07) is 1.68. The van der Waals surface area contributed by atoms with Gasteiger partial charge in [-0.1, -0.05) is 13.8 Å². The third-order valence-corrected chi connectivity index (χ3v) is 1.68. The Bertz CT molecular complexity index is 271. The lowest BCUT2D eigenvalue weighted by atomic mass is 10.1. The van der Waals surface area contributed by atoms with Crippen LogP contribution in [0.1, 0.15) is 25.3 Å². The zero-order valence-corrected chi connectivity index (χ0v) is 7.53. The summed E-state index contributed by atoms with van der Waals surface area (Å²) >= 11 is 0. The standard InChI is InChI=1S/C9H13NO2/c1-6(2)8-4-7(11)5-10-9(8)12-3/h4-6,11H,1-3H3. The summed E-state index contributed by atoms with van der Waals surface area (Å²) in [4.78, 5) is 3.95. The molecule has 1 N–H and O–H groups in total. The third-order valence-electron chi connectivity index (χ3n) is 1.68. The zero-order valence-electron chi connectivity index (χ0n) is 7.53. The molecule has 66 valence electrons. The van der Waals surface area contributed by atoms with Crippen molar-refractivity contribution in [1.82, 2.24) is 4.98 Å². The molecule has 0 saturated heterocycles. The van der Waals surface area contributed by atoms with Gasteiger partial charge in [0.05, 0.1) is 13.3 Å². The van der Waals surface area contributed by atoms with E-state index in [1.165, 1.54) is 6.20 Å². The second kappa shape index (κ2) is 3.43. The molecule has 0 aromatic carbocycles. The van der Waals surface area contributed by atoms with E-state index in [2.05, 4.69) is 4.98 Å². The van der Waals surface area contributed by atoms with Gasteiger partial charge in [0.2, 0.25) is 5.88 Å². The maximum atomic E-state index is 9.16. The lowest BCUT2D eigenvalue weighted by molar-refractivity contribution is 0.386. The van der Waals surface area contributed by atoms with E-state index in [9.17, 15) is 0 Å². The predicted octanol–water partition coefficient (Wildman–Crippen LogP) is 1.92. The topological polar surface area (TPSA) is 42.4 Å². The monoisotopic (exact) mass is 167 g/mol. The molecule has 0 spiro atoms. The molecule has 0 aliphatic heterocycles. The highest BCUT2D eigenvalue weighted by atomic mass is 16.5. The quantitative estimate of drug-likeness (QED) is 0.731.